The van der Waals surface area contributed by atoms with Gasteiger partial charge in [0.2, 0.25) is 0 Å². The molecule has 1 fully saturated rings. The van der Waals surface area contributed by atoms with Crippen molar-refractivity contribution in [3.63, 3.8) is 0 Å². The van der Waals surface area contributed by atoms with Crippen LogP contribution in [-0.2, 0) is 9.59 Å². The molecule has 1 aliphatic rings. The Labute approximate surface area is 199 Å². The minimum atomic E-state index is -1.11. The maximum Gasteiger partial charge on any atom is 0.341 e. The number of aliphatic carboxylic acids is 1. The van der Waals surface area contributed by atoms with E-state index in [-0.39, 0.29) is 10.1 Å². The Morgan fingerprint density at radius 2 is 1.88 bits per heavy atom. The highest BCUT2D eigenvalue weighted by atomic mass is 32.2. The van der Waals surface area contributed by atoms with E-state index < -0.39 is 24.4 Å². The van der Waals surface area contributed by atoms with Gasteiger partial charge in [-0.25, -0.2) is 4.79 Å². The second-order valence-corrected chi connectivity index (χ2v) is 8.18. The van der Waals surface area contributed by atoms with E-state index in [0.717, 1.165) is 16.8 Å². The molecule has 33 heavy (non-hydrogen) atoms. The fourth-order valence-corrected chi connectivity index (χ4v) is 3.94. The average molecular weight is 489 g/mol. The van der Waals surface area contributed by atoms with Crippen LogP contribution in [0.2, 0.25) is 0 Å². The van der Waals surface area contributed by atoms with Gasteiger partial charge in [0.1, 0.15) is 5.75 Å². The molecule has 1 aliphatic heterocycles. The molecule has 2 N–H and O–H groups in total. The number of nitrogens with zero attached hydrogens (tertiary/aromatic N) is 1. The van der Waals surface area contributed by atoms with Gasteiger partial charge in [0.05, 0.1) is 18.6 Å². The number of thioether (sulfide) groups is 1. The van der Waals surface area contributed by atoms with Crippen LogP contribution in [0, 0.1) is 0 Å². The zero-order valence-corrected chi connectivity index (χ0v) is 19.3. The Hall–Kier alpha value is -3.57. The van der Waals surface area contributed by atoms with Crippen LogP contribution in [0.3, 0.4) is 0 Å². The highest BCUT2D eigenvalue weighted by Crippen LogP contribution is 2.34. The van der Waals surface area contributed by atoms with Crippen molar-refractivity contribution in [3.8, 4) is 17.2 Å². The summed E-state index contributed by atoms with van der Waals surface area (Å²) >= 11 is 6.30. The predicted molar refractivity (Wildman–Crippen MR) is 126 cm³/mol. The lowest BCUT2D eigenvalue weighted by Gasteiger charge is -2.15. The Bertz CT molecular complexity index is 1120. The van der Waals surface area contributed by atoms with Gasteiger partial charge >= 0.3 is 5.97 Å². The lowest BCUT2D eigenvalue weighted by Crippen LogP contribution is -2.44. The van der Waals surface area contributed by atoms with E-state index in [1.807, 2.05) is 0 Å². The molecule has 0 spiro atoms. The molecule has 172 valence electrons. The number of carbonyl (C=O) groups excluding carboxylic acids is 2. The topological polar surface area (TPSA) is 114 Å². The van der Waals surface area contributed by atoms with Gasteiger partial charge in [0.25, 0.3) is 11.8 Å². The molecule has 9 nitrogen and oxygen atoms in total. The second kappa shape index (κ2) is 10.8. The highest BCUT2D eigenvalue weighted by Gasteiger charge is 2.33. The first-order valence-electron chi connectivity index (χ1n) is 9.66. The van der Waals surface area contributed by atoms with E-state index in [9.17, 15) is 14.4 Å². The van der Waals surface area contributed by atoms with Crippen molar-refractivity contribution in [2.45, 2.75) is 6.92 Å². The first kappa shape index (κ1) is 24.1. The number of methoxy groups -OCH3 is 1. The zero-order valence-electron chi connectivity index (χ0n) is 17.7. The Balaban J connectivity index is 1.76. The summed E-state index contributed by atoms with van der Waals surface area (Å²) in [5.41, 5.74) is 3.47. The Morgan fingerprint density at radius 1 is 1.15 bits per heavy atom. The van der Waals surface area contributed by atoms with E-state index in [1.165, 1.54) is 7.11 Å². The smallest absolute Gasteiger partial charge is 0.341 e. The molecule has 0 aliphatic carbocycles. The lowest BCUT2D eigenvalue weighted by atomic mass is 10.2. The summed E-state index contributed by atoms with van der Waals surface area (Å²) in [4.78, 5) is 36.4. The van der Waals surface area contributed by atoms with Gasteiger partial charge in [-0.15, -0.1) is 0 Å². The standard InChI is InChI=1S/C22H20N2O7S2/c1-3-30-17-10-13(4-9-16(17)31-12-19(25)26)11-18-21(28)24(22(32)33-18)23-20(27)14-5-7-15(29-2)8-6-14/h4-11H,3,12H2,1-2H3,(H,23,27)(H,25,26)/b18-11+. The Kier molecular flexibility index (Phi) is 7.91. The van der Waals surface area contributed by atoms with Crippen molar-refractivity contribution in [2.24, 2.45) is 0 Å². The maximum atomic E-state index is 12.8. The highest BCUT2D eigenvalue weighted by molar-refractivity contribution is 8.26. The number of hydrazine groups is 1. The average Bonchev–Trinajstić information content (AvgIpc) is 3.06. The molecule has 1 heterocycles. The van der Waals surface area contributed by atoms with E-state index >= 15 is 0 Å². The molecule has 2 aromatic carbocycles. The predicted octanol–water partition coefficient (Wildman–Crippen LogP) is 3.10. The summed E-state index contributed by atoms with van der Waals surface area (Å²) in [6.07, 6.45) is 1.60. The number of benzene rings is 2. The third-order valence-corrected chi connectivity index (χ3v) is 5.58. The van der Waals surface area contributed by atoms with E-state index in [1.54, 1.807) is 55.5 Å². The zero-order chi connectivity index (χ0) is 24.0. The van der Waals surface area contributed by atoms with E-state index in [4.69, 9.17) is 31.5 Å². The largest absolute Gasteiger partial charge is 0.497 e. The minimum Gasteiger partial charge on any atom is -0.497 e. The van der Waals surface area contributed by atoms with Gasteiger partial charge in [0.15, 0.2) is 22.4 Å². The van der Waals surface area contributed by atoms with Crippen molar-refractivity contribution < 1.29 is 33.7 Å². The molecule has 0 radical (unpaired) electrons. The number of rotatable bonds is 9. The molecular formula is C22H20N2O7S2. The molecule has 1 saturated heterocycles. The van der Waals surface area contributed by atoms with Crippen LogP contribution in [0.25, 0.3) is 6.08 Å². The van der Waals surface area contributed by atoms with Gasteiger partial charge in [-0.2, -0.15) is 5.01 Å². The summed E-state index contributed by atoms with van der Waals surface area (Å²) < 4.78 is 16.0. The van der Waals surface area contributed by atoms with Crippen LogP contribution < -0.4 is 19.6 Å². The molecule has 0 saturated carbocycles. The summed E-state index contributed by atoms with van der Waals surface area (Å²) in [5.74, 6) is -0.857. The van der Waals surface area contributed by atoms with Crippen molar-refractivity contribution in [2.75, 3.05) is 20.3 Å². The van der Waals surface area contributed by atoms with Crippen LogP contribution in [0.1, 0.15) is 22.8 Å². The molecule has 11 heteroatoms. The van der Waals surface area contributed by atoms with Crippen molar-refractivity contribution in [1.29, 1.82) is 0 Å². The van der Waals surface area contributed by atoms with Crippen molar-refractivity contribution in [1.82, 2.24) is 10.4 Å². The lowest BCUT2D eigenvalue weighted by molar-refractivity contribution is -0.139. The normalized spacial score (nSPS) is 14.4. The molecule has 0 atom stereocenters. The van der Waals surface area contributed by atoms with Crippen LogP contribution in [0.5, 0.6) is 17.2 Å². The van der Waals surface area contributed by atoms with E-state index in [2.05, 4.69) is 5.43 Å². The van der Waals surface area contributed by atoms with Crippen LogP contribution in [-0.4, -0.2) is 52.5 Å². The Morgan fingerprint density at radius 3 is 2.52 bits per heavy atom. The molecule has 0 bridgehead atoms. The number of carbonyl (C=O) groups is 3. The van der Waals surface area contributed by atoms with Gasteiger partial charge in [-0.1, -0.05) is 17.8 Å². The third-order valence-electron chi connectivity index (χ3n) is 4.28. The first-order chi connectivity index (χ1) is 15.8. The van der Waals surface area contributed by atoms with Gasteiger partial charge < -0.3 is 19.3 Å². The first-order valence-corrected chi connectivity index (χ1v) is 10.9. The summed E-state index contributed by atoms with van der Waals surface area (Å²) in [6.45, 7) is 1.61. The number of nitrogens with one attached hydrogen (secondary N) is 1. The molecule has 2 aromatic rings. The number of amides is 2. The minimum absolute atomic E-state index is 0.180. The summed E-state index contributed by atoms with van der Waals surface area (Å²) in [7, 11) is 1.52. The van der Waals surface area contributed by atoms with Crippen molar-refractivity contribution in [3.05, 3.63) is 58.5 Å². The molecule has 3 rings (SSSR count). The van der Waals surface area contributed by atoms with Gasteiger partial charge in [0, 0.05) is 5.56 Å². The monoisotopic (exact) mass is 488 g/mol. The maximum absolute atomic E-state index is 12.8. The van der Waals surface area contributed by atoms with Gasteiger partial charge in [-0.3, -0.25) is 15.0 Å². The number of carboxylic acids is 1. The number of thiocarbonyl (C=S) groups is 1. The second-order valence-electron chi connectivity index (χ2n) is 6.51. The summed E-state index contributed by atoms with van der Waals surface area (Å²) in [5, 5.41) is 9.83. The van der Waals surface area contributed by atoms with Crippen LogP contribution in [0.4, 0.5) is 0 Å². The quantitative estimate of drug-likeness (QED) is 0.406. The van der Waals surface area contributed by atoms with Gasteiger partial charge in [-0.05, 0) is 67.2 Å². The fourth-order valence-electron chi connectivity index (χ4n) is 2.77. The van der Waals surface area contributed by atoms with Crippen molar-refractivity contribution >= 4 is 52.2 Å². The van der Waals surface area contributed by atoms with Crippen LogP contribution in [0.15, 0.2) is 47.4 Å². The number of ether oxygens (including phenoxy) is 3. The van der Waals surface area contributed by atoms with Crippen LogP contribution >= 0.6 is 24.0 Å². The molecule has 0 aromatic heterocycles. The van der Waals surface area contributed by atoms with E-state index in [0.29, 0.717) is 34.1 Å². The molecule has 2 amide bonds. The summed E-state index contributed by atoms with van der Waals surface area (Å²) in [6, 6.07) is 11.3. The number of hydrogen-bond acceptors (Lipinski definition) is 8. The number of hydrogen-bond donors (Lipinski definition) is 2. The molecule has 0 unspecified atom stereocenters. The molecular weight excluding hydrogens is 468 g/mol. The fraction of sp³-hybridized carbons (Fsp3) is 0.182. The SMILES string of the molecule is CCOc1cc(/C=C2/SC(=S)N(NC(=O)c3ccc(OC)cc3)C2=O)ccc1OCC(=O)O. The number of carboxylic acid groups (broad SMARTS) is 1. The third kappa shape index (κ3) is 6.02.